The van der Waals surface area contributed by atoms with Crippen molar-refractivity contribution in [3.05, 3.63) is 59.0 Å². The second-order valence-electron chi connectivity index (χ2n) is 6.93. The van der Waals surface area contributed by atoms with Crippen molar-refractivity contribution in [2.45, 2.75) is 19.1 Å². The maximum Gasteiger partial charge on any atom is 0.191 e. The molecular formula is C23H30IN3O4S. The predicted octanol–water partition coefficient (Wildman–Crippen LogP) is 3.86. The molecule has 0 aliphatic carbocycles. The van der Waals surface area contributed by atoms with Gasteiger partial charge < -0.3 is 30.3 Å². The van der Waals surface area contributed by atoms with Crippen LogP contribution in [0.2, 0.25) is 0 Å². The highest BCUT2D eigenvalue weighted by molar-refractivity contribution is 14.0. The molecule has 0 saturated carbocycles. The van der Waals surface area contributed by atoms with Crippen LogP contribution in [-0.4, -0.2) is 50.0 Å². The summed E-state index contributed by atoms with van der Waals surface area (Å²) in [5.74, 6) is 1.74. The number of fused-ring (bicyclic) bond motifs is 1. The quantitative estimate of drug-likeness (QED) is 0.177. The summed E-state index contributed by atoms with van der Waals surface area (Å²) in [5.41, 5.74) is 0.621. The number of methoxy groups -OCH3 is 2. The molecule has 32 heavy (non-hydrogen) atoms. The number of nitrogens with one attached hydrogen (secondary N) is 2. The Hall–Kier alpha value is -2.08. The topological polar surface area (TPSA) is 95.3 Å². The molecule has 0 aliphatic rings. The molecule has 0 saturated heterocycles. The van der Waals surface area contributed by atoms with Gasteiger partial charge in [0.25, 0.3) is 0 Å². The molecule has 2 unspecified atom stereocenters. The number of benzene rings is 2. The molecule has 2 aromatic carbocycles. The van der Waals surface area contributed by atoms with Gasteiger partial charge >= 0.3 is 0 Å². The summed E-state index contributed by atoms with van der Waals surface area (Å²) >= 11 is 1.57. The molecule has 2 atom stereocenters. The molecule has 0 aliphatic heterocycles. The van der Waals surface area contributed by atoms with E-state index >= 15 is 0 Å². The van der Waals surface area contributed by atoms with Gasteiger partial charge in [-0.25, -0.2) is 0 Å². The zero-order valence-corrected chi connectivity index (χ0v) is 21.5. The number of guanidine groups is 1. The summed E-state index contributed by atoms with van der Waals surface area (Å²) in [4.78, 5) is 5.36. The van der Waals surface area contributed by atoms with Gasteiger partial charge in [0.2, 0.25) is 0 Å². The highest BCUT2D eigenvalue weighted by atomic mass is 127. The molecule has 0 amide bonds. The summed E-state index contributed by atoms with van der Waals surface area (Å²) in [5, 5.41) is 28.6. The van der Waals surface area contributed by atoms with E-state index in [0.717, 1.165) is 15.0 Å². The second kappa shape index (κ2) is 12.8. The third-order valence-corrected chi connectivity index (χ3v) is 6.02. The zero-order valence-electron chi connectivity index (χ0n) is 18.4. The van der Waals surface area contributed by atoms with E-state index in [4.69, 9.17) is 9.47 Å². The first kappa shape index (κ1) is 26.2. The molecule has 0 radical (unpaired) electrons. The molecule has 0 bridgehead atoms. The molecular weight excluding hydrogens is 541 g/mol. The van der Waals surface area contributed by atoms with E-state index in [1.807, 2.05) is 37.3 Å². The van der Waals surface area contributed by atoms with E-state index < -0.39 is 12.2 Å². The van der Waals surface area contributed by atoms with Gasteiger partial charge in [0.05, 0.1) is 26.9 Å². The smallest absolute Gasteiger partial charge is 0.191 e. The number of nitrogens with zero attached hydrogens (tertiary/aromatic N) is 1. The Bertz CT molecular complexity index is 994. The summed E-state index contributed by atoms with van der Waals surface area (Å²) in [7, 11) is 3.14. The SMILES string of the molecule is CCNC(=NCC(O)c1cc2ccccc2s1)NCC(O)c1cc(OC)ccc1OC.I. The highest BCUT2D eigenvalue weighted by Gasteiger charge is 2.16. The van der Waals surface area contributed by atoms with Gasteiger partial charge in [-0.3, -0.25) is 4.99 Å². The molecule has 4 N–H and O–H groups in total. The van der Waals surface area contributed by atoms with Gasteiger partial charge in [-0.15, -0.1) is 35.3 Å². The Morgan fingerprint density at radius 2 is 1.81 bits per heavy atom. The molecule has 9 heteroatoms. The van der Waals surface area contributed by atoms with Crippen LogP contribution in [0.3, 0.4) is 0 Å². The number of hydrogen-bond acceptors (Lipinski definition) is 6. The Kier molecular flexibility index (Phi) is 10.5. The zero-order chi connectivity index (χ0) is 22.2. The molecule has 1 aromatic heterocycles. The summed E-state index contributed by atoms with van der Waals surface area (Å²) in [6, 6.07) is 15.3. The van der Waals surface area contributed by atoms with E-state index in [-0.39, 0.29) is 37.1 Å². The van der Waals surface area contributed by atoms with E-state index in [9.17, 15) is 10.2 Å². The van der Waals surface area contributed by atoms with Crippen molar-refractivity contribution in [1.29, 1.82) is 0 Å². The largest absolute Gasteiger partial charge is 0.497 e. The van der Waals surface area contributed by atoms with Gasteiger partial charge in [0.15, 0.2) is 5.96 Å². The molecule has 0 spiro atoms. The van der Waals surface area contributed by atoms with Gasteiger partial charge in [0, 0.05) is 28.2 Å². The Labute approximate surface area is 209 Å². The minimum atomic E-state index is -0.832. The number of aliphatic hydroxyl groups is 2. The van der Waals surface area contributed by atoms with Gasteiger partial charge in [0.1, 0.15) is 17.6 Å². The van der Waals surface area contributed by atoms with E-state index in [2.05, 4.69) is 15.6 Å². The molecule has 1 heterocycles. The van der Waals surface area contributed by atoms with Crippen LogP contribution >= 0.6 is 35.3 Å². The van der Waals surface area contributed by atoms with Crippen molar-refractivity contribution in [3.8, 4) is 11.5 Å². The van der Waals surface area contributed by atoms with Crippen molar-refractivity contribution in [1.82, 2.24) is 10.6 Å². The molecule has 0 fully saturated rings. The van der Waals surface area contributed by atoms with Crippen molar-refractivity contribution < 1.29 is 19.7 Å². The van der Waals surface area contributed by atoms with Crippen molar-refractivity contribution in [2.75, 3.05) is 33.9 Å². The highest BCUT2D eigenvalue weighted by Crippen LogP contribution is 2.30. The van der Waals surface area contributed by atoms with E-state index in [1.54, 1.807) is 43.8 Å². The third kappa shape index (κ3) is 6.71. The first-order chi connectivity index (χ1) is 15.0. The Morgan fingerprint density at radius 1 is 1.03 bits per heavy atom. The fraction of sp³-hybridized carbons (Fsp3) is 0.348. The van der Waals surface area contributed by atoms with Crippen LogP contribution < -0.4 is 20.1 Å². The minimum absolute atomic E-state index is 0. The lowest BCUT2D eigenvalue weighted by Gasteiger charge is -2.18. The predicted molar refractivity (Wildman–Crippen MR) is 141 cm³/mol. The summed E-state index contributed by atoms with van der Waals surface area (Å²) in [6.45, 7) is 3.04. The summed E-state index contributed by atoms with van der Waals surface area (Å²) < 4.78 is 11.7. The molecule has 7 nitrogen and oxygen atoms in total. The van der Waals surface area contributed by atoms with Gasteiger partial charge in [-0.1, -0.05) is 18.2 Å². The lowest BCUT2D eigenvalue weighted by atomic mass is 10.1. The lowest BCUT2D eigenvalue weighted by Crippen LogP contribution is -2.39. The normalized spacial score (nSPS) is 13.2. The maximum atomic E-state index is 10.7. The van der Waals surface area contributed by atoms with Crippen LogP contribution in [0.25, 0.3) is 10.1 Å². The van der Waals surface area contributed by atoms with Crippen molar-refractivity contribution >= 4 is 51.4 Å². The first-order valence-electron chi connectivity index (χ1n) is 10.1. The third-order valence-electron chi connectivity index (χ3n) is 4.80. The van der Waals surface area contributed by atoms with E-state index in [1.165, 1.54) is 0 Å². The van der Waals surface area contributed by atoms with Crippen LogP contribution in [0.4, 0.5) is 0 Å². The average molecular weight is 571 g/mol. The molecule has 3 aromatic rings. The number of aliphatic imine (C=N–C) groups is 1. The number of thiophene rings is 1. The van der Waals surface area contributed by atoms with Gasteiger partial charge in [-0.05, 0) is 42.6 Å². The monoisotopic (exact) mass is 571 g/mol. The van der Waals surface area contributed by atoms with Crippen molar-refractivity contribution in [2.24, 2.45) is 4.99 Å². The minimum Gasteiger partial charge on any atom is -0.497 e. The average Bonchev–Trinajstić information content (AvgIpc) is 3.24. The van der Waals surface area contributed by atoms with E-state index in [0.29, 0.717) is 29.6 Å². The Morgan fingerprint density at radius 3 is 2.50 bits per heavy atom. The molecule has 3 rings (SSSR count). The van der Waals surface area contributed by atoms with Crippen LogP contribution in [0.15, 0.2) is 53.5 Å². The fourth-order valence-electron chi connectivity index (χ4n) is 3.18. The van der Waals surface area contributed by atoms with Crippen LogP contribution in [0, 0.1) is 0 Å². The molecule has 174 valence electrons. The van der Waals surface area contributed by atoms with Crippen LogP contribution in [-0.2, 0) is 0 Å². The number of hydrogen-bond donors (Lipinski definition) is 4. The number of rotatable bonds is 9. The number of aliphatic hydroxyl groups excluding tert-OH is 2. The van der Waals surface area contributed by atoms with Crippen LogP contribution in [0.5, 0.6) is 11.5 Å². The second-order valence-corrected chi connectivity index (χ2v) is 8.04. The van der Waals surface area contributed by atoms with Crippen LogP contribution in [0.1, 0.15) is 29.6 Å². The number of ether oxygens (including phenoxy) is 2. The summed E-state index contributed by atoms with van der Waals surface area (Å²) in [6.07, 6.45) is -1.53. The standard InChI is InChI=1S/C23H29N3O4S.HI/c1-4-24-23(25-13-18(27)17-12-16(29-2)9-10-20(17)30-3)26-14-19(28)22-11-15-7-5-6-8-21(15)31-22;/h5-12,18-19,27-28H,4,13-14H2,1-3H3,(H2,24,25,26);1H. The number of halogens is 1. The fourth-order valence-corrected chi connectivity index (χ4v) is 4.22. The maximum absolute atomic E-state index is 10.7. The van der Waals surface area contributed by atoms with Gasteiger partial charge in [-0.2, -0.15) is 0 Å². The van der Waals surface area contributed by atoms with Crippen molar-refractivity contribution in [3.63, 3.8) is 0 Å². The lowest BCUT2D eigenvalue weighted by molar-refractivity contribution is 0.175. The first-order valence-corrected chi connectivity index (χ1v) is 11.0. The Balaban J connectivity index is 0.00000363.